The molecule has 1 spiro atoms. The quantitative estimate of drug-likeness (QED) is 0.758. The van der Waals surface area contributed by atoms with Crippen LogP contribution in [0.4, 0.5) is 0 Å². The molecule has 1 saturated carbocycles. The van der Waals surface area contributed by atoms with Crippen LogP contribution in [0, 0.1) is 5.92 Å². The Balaban J connectivity index is 1.64. The zero-order valence-electron chi connectivity index (χ0n) is 16.4. The highest BCUT2D eigenvalue weighted by molar-refractivity contribution is 5.58. The maximum absolute atomic E-state index is 9.94. The van der Waals surface area contributed by atoms with E-state index in [9.17, 15) is 5.11 Å². The number of piperidine rings is 1. The first kappa shape index (κ1) is 17.7. The first-order chi connectivity index (χ1) is 13.2. The van der Waals surface area contributed by atoms with Crippen LogP contribution in [0.3, 0.4) is 0 Å². The van der Waals surface area contributed by atoms with Gasteiger partial charge in [-0.25, -0.2) is 0 Å². The average Bonchev–Trinajstić information content (AvgIpc) is 3.03. The topological polar surface area (TPSA) is 44.7 Å². The lowest BCUT2D eigenvalue weighted by Crippen LogP contribution is -2.68. The predicted octanol–water partition coefficient (Wildman–Crippen LogP) is 2.77. The molecular formula is C23H32N2O2. The first-order valence-electron chi connectivity index (χ1n) is 10.8. The Morgan fingerprint density at radius 1 is 1.41 bits per heavy atom. The number of aliphatic hydroxyl groups excluding tert-OH is 1. The van der Waals surface area contributed by atoms with Crippen LogP contribution in [0.25, 0.3) is 0 Å². The highest BCUT2D eigenvalue weighted by atomic mass is 16.5. The van der Waals surface area contributed by atoms with Crippen LogP contribution in [0.2, 0.25) is 0 Å². The fourth-order valence-corrected chi connectivity index (χ4v) is 6.75. The number of hydrogen-bond acceptors (Lipinski definition) is 4. The third kappa shape index (κ3) is 2.33. The summed E-state index contributed by atoms with van der Waals surface area (Å²) in [7, 11) is 0. The minimum Gasteiger partial charge on any atom is -0.487 e. The normalized spacial score (nSPS) is 36.2. The first-order valence-corrected chi connectivity index (χ1v) is 10.8. The summed E-state index contributed by atoms with van der Waals surface area (Å²) in [5.74, 6) is 1.67. The molecule has 1 aromatic rings. The molecule has 146 valence electrons. The molecule has 5 atom stereocenters. The largest absolute Gasteiger partial charge is 0.487 e. The van der Waals surface area contributed by atoms with E-state index in [0.717, 1.165) is 50.2 Å². The second-order valence-electron chi connectivity index (χ2n) is 8.87. The molecule has 2 heterocycles. The molecule has 4 aliphatic rings. The smallest absolute Gasteiger partial charge is 0.129 e. The van der Waals surface area contributed by atoms with E-state index >= 15 is 0 Å². The summed E-state index contributed by atoms with van der Waals surface area (Å²) in [6.07, 6.45) is 8.14. The van der Waals surface area contributed by atoms with Gasteiger partial charge in [-0.2, -0.15) is 0 Å². The van der Waals surface area contributed by atoms with Gasteiger partial charge in [-0.1, -0.05) is 25.1 Å². The van der Waals surface area contributed by atoms with Crippen molar-refractivity contribution in [1.82, 2.24) is 10.2 Å². The molecule has 5 rings (SSSR count). The second-order valence-corrected chi connectivity index (χ2v) is 8.87. The Morgan fingerprint density at radius 2 is 2.30 bits per heavy atom. The van der Waals surface area contributed by atoms with E-state index in [4.69, 9.17) is 4.74 Å². The van der Waals surface area contributed by atoms with Gasteiger partial charge in [0.2, 0.25) is 0 Å². The molecule has 4 heteroatoms. The Hall–Kier alpha value is -1.36. The fourth-order valence-electron chi connectivity index (χ4n) is 6.75. The van der Waals surface area contributed by atoms with E-state index in [1.165, 1.54) is 24.0 Å². The third-order valence-electron chi connectivity index (χ3n) is 7.72. The van der Waals surface area contributed by atoms with E-state index in [1.807, 2.05) is 0 Å². The van der Waals surface area contributed by atoms with Crippen LogP contribution in [-0.2, 0) is 18.4 Å². The molecule has 2 N–H and O–H groups in total. The molecule has 4 nitrogen and oxygen atoms in total. The summed E-state index contributed by atoms with van der Waals surface area (Å²) >= 11 is 0. The summed E-state index contributed by atoms with van der Waals surface area (Å²) < 4.78 is 6.74. The average molecular weight is 369 g/mol. The third-order valence-corrected chi connectivity index (χ3v) is 7.72. The van der Waals surface area contributed by atoms with Crippen LogP contribution >= 0.6 is 0 Å². The van der Waals surface area contributed by atoms with E-state index < -0.39 is 0 Å². The number of ether oxygens (including phenoxy) is 1. The zero-order valence-corrected chi connectivity index (χ0v) is 16.4. The van der Waals surface area contributed by atoms with Crippen molar-refractivity contribution < 1.29 is 9.84 Å². The number of nitrogens with one attached hydrogen (secondary N) is 1. The predicted molar refractivity (Wildman–Crippen MR) is 107 cm³/mol. The van der Waals surface area contributed by atoms with Crippen molar-refractivity contribution in [3.05, 3.63) is 41.5 Å². The zero-order chi connectivity index (χ0) is 18.6. The molecule has 2 aliphatic carbocycles. The van der Waals surface area contributed by atoms with Crippen LogP contribution in [0.5, 0.6) is 5.75 Å². The van der Waals surface area contributed by atoms with E-state index in [1.54, 1.807) is 0 Å². The van der Waals surface area contributed by atoms with Gasteiger partial charge in [0.1, 0.15) is 11.9 Å². The maximum Gasteiger partial charge on any atom is 0.129 e. The van der Waals surface area contributed by atoms with Crippen molar-refractivity contribution in [2.75, 3.05) is 19.6 Å². The van der Waals surface area contributed by atoms with Gasteiger partial charge < -0.3 is 15.2 Å². The van der Waals surface area contributed by atoms with E-state index in [-0.39, 0.29) is 18.1 Å². The molecule has 1 saturated heterocycles. The highest BCUT2D eigenvalue weighted by Gasteiger charge is 2.65. The number of likely N-dealkylation sites (tertiary alicyclic amines) is 1. The summed E-state index contributed by atoms with van der Waals surface area (Å²) in [4.78, 5) is 2.65. The number of rotatable bonds is 6. The number of nitrogens with zero attached hydrogens (tertiary/aromatic N) is 1. The van der Waals surface area contributed by atoms with Crippen molar-refractivity contribution in [3.63, 3.8) is 0 Å². The fraction of sp³-hybridized carbons (Fsp3) is 0.652. The van der Waals surface area contributed by atoms with Gasteiger partial charge in [0.25, 0.3) is 0 Å². The Bertz CT molecular complexity index is 748. The van der Waals surface area contributed by atoms with Crippen molar-refractivity contribution in [1.29, 1.82) is 0 Å². The number of aliphatic hydroxyl groups is 1. The molecule has 0 amide bonds. The molecule has 0 aromatic heterocycles. The molecule has 27 heavy (non-hydrogen) atoms. The summed E-state index contributed by atoms with van der Waals surface area (Å²) in [5.41, 5.74) is 4.01. The monoisotopic (exact) mass is 368 g/mol. The molecule has 4 unspecified atom stereocenters. The van der Waals surface area contributed by atoms with Gasteiger partial charge in [-0.3, -0.25) is 4.90 Å². The second kappa shape index (κ2) is 6.61. The highest BCUT2D eigenvalue weighted by Crippen LogP contribution is 2.62. The Kier molecular flexibility index (Phi) is 4.34. The van der Waals surface area contributed by atoms with Gasteiger partial charge in [0.05, 0.1) is 6.61 Å². The van der Waals surface area contributed by atoms with Crippen LogP contribution < -0.4 is 10.1 Å². The molecule has 0 radical (unpaired) electrons. The molecule has 2 bridgehead atoms. The minimum absolute atomic E-state index is 0.0646. The van der Waals surface area contributed by atoms with Crippen molar-refractivity contribution >= 4 is 0 Å². The molecular weight excluding hydrogens is 336 g/mol. The standard InChI is InChI=1S/C23H32N2O2/c1-3-10-24-18-8-7-17-19-13-15-5-6-16(14-26)21-20(15)23(17,22(18)27-21)9-12-25(19)11-4-2/h4-6,17-19,22,24,26H,2-3,7-14H2,1H3/t17?,18?,19?,22?,23-/m1/s1. The van der Waals surface area contributed by atoms with Crippen LogP contribution in [0.1, 0.15) is 49.3 Å². The molecule has 2 aliphatic heterocycles. The van der Waals surface area contributed by atoms with Crippen LogP contribution in [-0.4, -0.2) is 47.8 Å². The summed E-state index contributed by atoms with van der Waals surface area (Å²) in [6.45, 7) is 9.44. The van der Waals surface area contributed by atoms with E-state index in [0.29, 0.717) is 18.0 Å². The van der Waals surface area contributed by atoms with Gasteiger partial charge in [-0.15, -0.1) is 6.58 Å². The van der Waals surface area contributed by atoms with Gasteiger partial charge in [-0.05, 0) is 56.7 Å². The summed E-state index contributed by atoms with van der Waals surface area (Å²) in [6, 6.07) is 5.36. The van der Waals surface area contributed by atoms with Gasteiger partial charge >= 0.3 is 0 Å². The minimum atomic E-state index is 0.0646. The van der Waals surface area contributed by atoms with E-state index in [2.05, 4.69) is 41.9 Å². The lowest BCUT2D eigenvalue weighted by molar-refractivity contribution is -0.0615. The molecule has 1 aromatic carbocycles. The SMILES string of the molecule is C=CCN1CC[C@@]23c4c5ccc(CO)c4OC2C(NCCC)CCC3C1C5. The van der Waals surface area contributed by atoms with Crippen LogP contribution in [0.15, 0.2) is 24.8 Å². The number of hydrogen-bond donors (Lipinski definition) is 2. The Morgan fingerprint density at radius 3 is 3.07 bits per heavy atom. The van der Waals surface area contributed by atoms with Crippen molar-refractivity contribution in [3.8, 4) is 5.75 Å². The van der Waals surface area contributed by atoms with Crippen molar-refractivity contribution in [2.24, 2.45) is 5.92 Å². The van der Waals surface area contributed by atoms with Crippen molar-refractivity contribution in [2.45, 2.75) is 69.2 Å². The lowest BCUT2D eigenvalue weighted by Gasteiger charge is -2.59. The van der Waals surface area contributed by atoms with Gasteiger partial charge in [0, 0.05) is 35.2 Å². The number of benzene rings is 1. The van der Waals surface area contributed by atoms with Gasteiger partial charge in [0.15, 0.2) is 0 Å². The maximum atomic E-state index is 9.94. The lowest BCUT2D eigenvalue weighted by atomic mass is 9.51. The summed E-state index contributed by atoms with van der Waals surface area (Å²) in [5, 5.41) is 13.7. The molecule has 2 fully saturated rings. The Labute approximate surface area is 162 Å².